The van der Waals surface area contributed by atoms with E-state index >= 15 is 0 Å². The molecule has 0 saturated carbocycles. The second-order valence-corrected chi connectivity index (χ2v) is 11.5. The van der Waals surface area contributed by atoms with Crippen molar-refractivity contribution in [1.29, 1.82) is 0 Å². The summed E-state index contributed by atoms with van der Waals surface area (Å²) in [4.78, 5) is 18.5. The van der Waals surface area contributed by atoms with Crippen molar-refractivity contribution in [2.24, 2.45) is 5.92 Å². The molecule has 1 aliphatic rings. The third-order valence-corrected chi connectivity index (χ3v) is 9.57. The number of nitrogens with zero attached hydrogens (tertiary/aromatic N) is 2. The Bertz CT molecular complexity index is 1300. The third kappa shape index (κ3) is 5.48. The van der Waals surface area contributed by atoms with Gasteiger partial charge in [0.05, 0.1) is 24.8 Å². The van der Waals surface area contributed by atoms with Gasteiger partial charge in [0.1, 0.15) is 11.5 Å². The molecule has 0 atom stereocenters. The monoisotopic (exact) mass is 533 g/mol. The number of thiazole rings is 1. The highest BCUT2D eigenvalue weighted by atomic mass is 32.2. The lowest BCUT2D eigenvalue weighted by Gasteiger charge is -2.30. The molecule has 0 radical (unpaired) electrons. The molecular weight excluding hydrogens is 506 g/mol. The van der Waals surface area contributed by atoms with Crippen LogP contribution < -0.4 is 14.8 Å². The molecule has 0 unspecified atom stereocenters. The lowest BCUT2D eigenvalue weighted by atomic mass is 9.97. The molecule has 3 aromatic rings. The smallest absolute Gasteiger partial charge is 0.244 e. The molecule has 0 bridgehead atoms. The van der Waals surface area contributed by atoms with Gasteiger partial charge in [0.25, 0.3) is 0 Å². The molecule has 1 amide bonds. The number of amides is 1. The maximum Gasteiger partial charge on any atom is 0.244 e. The summed E-state index contributed by atoms with van der Waals surface area (Å²) in [5.74, 6) is 0.887. The van der Waals surface area contributed by atoms with E-state index in [-0.39, 0.29) is 11.8 Å². The Hall–Kier alpha value is -2.60. The van der Waals surface area contributed by atoms with E-state index in [0.717, 1.165) is 10.5 Å². The molecule has 186 valence electrons. The fraction of sp³-hybridized carbons (Fsp3) is 0.333. The molecule has 1 saturated heterocycles. The van der Waals surface area contributed by atoms with Gasteiger partial charge in [-0.15, -0.1) is 23.1 Å². The maximum atomic E-state index is 13.2. The minimum absolute atomic E-state index is 0.144. The molecule has 1 N–H and O–H groups in total. The summed E-state index contributed by atoms with van der Waals surface area (Å²) < 4.78 is 38.5. The fourth-order valence-electron chi connectivity index (χ4n) is 4.00. The van der Waals surface area contributed by atoms with Crippen molar-refractivity contribution in [1.82, 2.24) is 9.29 Å². The van der Waals surface area contributed by atoms with Crippen LogP contribution in [-0.2, 0) is 14.8 Å². The maximum absolute atomic E-state index is 13.2. The molecule has 4 rings (SSSR count). The zero-order valence-corrected chi connectivity index (χ0v) is 22.1. The summed E-state index contributed by atoms with van der Waals surface area (Å²) in [6.45, 7) is 0.602. The number of piperidine rings is 1. The van der Waals surface area contributed by atoms with Crippen LogP contribution in [-0.4, -0.2) is 57.2 Å². The van der Waals surface area contributed by atoms with Crippen LogP contribution in [0, 0.1) is 5.92 Å². The first-order chi connectivity index (χ1) is 16.9. The van der Waals surface area contributed by atoms with Gasteiger partial charge in [-0.3, -0.25) is 4.79 Å². The highest BCUT2D eigenvalue weighted by Crippen LogP contribution is 2.35. The van der Waals surface area contributed by atoms with Gasteiger partial charge in [-0.25, -0.2) is 13.4 Å². The van der Waals surface area contributed by atoms with Crippen LogP contribution in [0.2, 0.25) is 0 Å². The number of aromatic nitrogens is 1. The SMILES string of the molecule is COc1ccc(-c2csc(NC(=O)C3CCN(S(=O)(=O)c4ccccc4SC)CC3)n2)c(OC)c1. The molecule has 0 spiro atoms. The minimum atomic E-state index is -3.60. The number of rotatable bonds is 8. The van der Waals surface area contributed by atoms with Gasteiger partial charge in [0, 0.05) is 40.9 Å². The van der Waals surface area contributed by atoms with Crippen molar-refractivity contribution in [2.75, 3.05) is 38.9 Å². The molecule has 8 nitrogen and oxygen atoms in total. The van der Waals surface area contributed by atoms with Crippen LogP contribution >= 0.6 is 23.1 Å². The number of hydrogen-bond donors (Lipinski definition) is 1. The second-order valence-electron chi connectivity index (χ2n) is 7.92. The van der Waals surface area contributed by atoms with Crippen molar-refractivity contribution in [3.05, 3.63) is 47.8 Å². The molecule has 2 aromatic carbocycles. The largest absolute Gasteiger partial charge is 0.497 e. The van der Waals surface area contributed by atoms with Gasteiger partial charge >= 0.3 is 0 Å². The number of carbonyl (C=O) groups is 1. The summed E-state index contributed by atoms with van der Waals surface area (Å²) in [5.41, 5.74) is 1.49. The van der Waals surface area contributed by atoms with Crippen LogP contribution in [0.25, 0.3) is 11.3 Å². The number of benzene rings is 2. The zero-order chi connectivity index (χ0) is 25.0. The summed E-state index contributed by atoms with van der Waals surface area (Å²) in [7, 11) is -0.428. The van der Waals surface area contributed by atoms with Gasteiger partial charge in [0.2, 0.25) is 15.9 Å². The van der Waals surface area contributed by atoms with E-state index in [1.165, 1.54) is 27.4 Å². The van der Waals surface area contributed by atoms with Crippen molar-refractivity contribution in [3.63, 3.8) is 0 Å². The van der Waals surface area contributed by atoms with Gasteiger partial charge in [0.15, 0.2) is 5.13 Å². The Morgan fingerprint density at radius 2 is 1.89 bits per heavy atom. The van der Waals surface area contributed by atoms with Crippen LogP contribution in [0.4, 0.5) is 5.13 Å². The first-order valence-corrected chi connectivity index (χ1v) is 14.5. The van der Waals surface area contributed by atoms with E-state index in [1.807, 2.05) is 35.9 Å². The number of sulfonamides is 1. The molecule has 1 fully saturated rings. The Labute approximate surface area is 213 Å². The summed E-state index contributed by atoms with van der Waals surface area (Å²) >= 11 is 2.74. The van der Waals surface area contributed by atoms with Gasteiger partial charge in [-0.05, 0) is 43.4 Å². The summed E-state index contributed by atoms with van der Waals surface area (Å²) in [6, 6.07) is 12.5. The molecule has 2 heterocycles. The van der Waals surface area contributed by atoms with E-state index < -0.39 is 10.0 Å². The minimum Gasteiger partial charge on any atom is -0.497 e. The predicted octanol–water partition coefficient (Wildman–Crippen LogP) is 4.59. The van der Waals surface area contributed by atoms with E-state index in [0.29, 0.717) is 53.2 Å². The number of ether oxygens (including phenoxy) is 2. The van der Waals surface area contributed by atoms with Crippen LogP contribution in [0.15, 0.2) is 57.6 Å². The Balaban J connectivity index is 1.39. The average Bonchev–Trinajstić information content (AvgIpc) is 3.36. The first kappa shape index (κ1) is 25.5. The standard InChI is InChI=1S/C24H27N3O5S3/c1-31-17-8-9-18(20(14-17)32-2)19-15-34-24(25-19)26-23(28)16-10-12-27(13-11-16)35(29,30)22-7-5-4-6-21(22)33-3/h4-9,14-16H,10-13H2,1-3H3,(H,25,26,28). The van der Waals surface area contributed by atoms with Crippen molar-refractivity contribution >= 4 is 44.2 Å². The van der Waals surface area contributed by atoms with E-state index in [1.54, 1.807) is 32.4 Å². The van der Waals surface area contributed by atoms with Gasteiger partial charge < -0.3 is 14.8 Å². The number of anilines is 1. The van der Waals surface area contributed by atoms with Crippen molar-refractivity contribution < 1.29 is 22.7 Å². The Morgan fingerprint density at radius 1 is 1.14 bits per heavy atom. The van der Waals surface area contributed by atoms with E-state index in [2.05, 4.69) is 10.3 Å². The third-order valence-electron chi connectivity index (χ3n) is 5.93. The molecule has 1 aromatic heterocycles. The lowest BCUT2D eigenvalue weighted by molar-refractivity contribution is -0.120. The topological polar surface area (TPSA) is 97.8 Å². The van der Waals surface area contributed by atoms with Crippen molar-refractivity contribution in [3.8, 4) is 22.8 Å². The highest BCUT2D eigenvalue weighted by molar-refractivity contribution is 7.99. The average molecular weight is 534 g/mol. The highest BCUT2D eigenvalue weighted by Gasteiger charge is 2.33. The van der Waals surface area contributed by atoms with Crippen LogP contribution in [0.1, 0.15) is 12.8 Å². The number of methoxy groups -OCH3 is 2. The quantitative estimate of drug-likeness (QED) is 0.423. The van der Waals surface area contributed by atoms with E-state index in [9.17, 15) is 13.2 Å². The fourth-order valence-corrected chi connectivity index (χ4v) is 7.31. The number of hydrogen-bond acceptors (Lipinski definition) is 8. The summed E-state index contributed by atoms with van der Waals surface area (Å²) in [5, 5.41) is 5.25. The molecule has 11 heteroatoms. The second kappa shape index (κ2) is 11.0. The first-order valence-electron chi connectivity index (χ1n) is 11.0. The Morgan fingerprint density at radius 3 is 2.57 bits per heavy atom. The normalized spacial score (nSPS) is 15.1. The summed E-state index contributed by atoms with van der Waals surface area (Å²) in [6.07, 6.45) is 2.77. The molecule has 35 heavy (non-hydrogen) atoms. The number of thioether (sulfide) groups is 1. The zero-order valence-electron chi connectivity index (χ0n) is 19.7. The lowest BCUT2D eigenvalue weighted by Crippen LogP contribution is -2.41. The van der Waals surface area contributed by atoms with Gasteiger partial charge in [-0.1, -0.05) is 12.1 Å². The molecular formula is C24H27N3O5S3. The van der Waals surface area contributed by atoms with E-state index in [4.69, 9.17) is 9.47 Å². The van der Waals surface area contributed by atoms with Gasteiger partial charge in [-0.2, -0.15) is 4.31 Å². The molecule has 1 aliphatic heterocycles. The number of carbonyl (C=O) groups excluding carboxylic acids is 1. The Kier molecular flexibility index (Phi) is 8.00. The van der Waals surface area contributed by atoms with Crippen molar-refractivity contribution in [2.45, 2.75) is 22.6 Å². The molecule has 0 aliphatic carbocycles. The van der Waals surface area contributed by atoms with Crippen LogP contribution in [0.3, 0.4) is 0 Å². The number of nitrogens with one attached hydrogen (secondary N) is 1. The van der Waals surface area contributed by atoms with Crippen LogP contribution in [0.5, 0.6) is 11.5 Å². The predicted molar refractivity (Wildman–Crippen MR) is 139 cm³/mol.